The van der Waals surface area contributed by atoms with Gasteiger partial charge in [-0.25, -0.2) is 0 Å². The Labute approximate surface area is 126 Å². The van der Waals surface area contributed by atoms with Gasteiger partial charge in [0, 0.05) is 37.5 Å². The number of furan rings is 1. The van der Waals surface area contributed by atoms with Crippen molar-refractivity contribution in [2.24, 2.45) is 7.05 Å². The summed E-state index contributed by atoms with van der Waals surface area (Å²) in [6.07, 6.45) is 1.59. The van der Waals surface area contributed by atoms with Gasteiger partial charge in [0.05, 0.1) is 11.8 Å². The molecule has 1 aromatic carbocycles. The lowest BCUT2D eigenvalue weighted by Crippen LogP contribution is -2.18. The van der Waals surface area contributed by atoms with E-state index in [1.165, 1.54) is 0 Å². The number of anilines is 1. The Morgan fingerprint density at radius 2 is 1.82 bits per heavy atom. The second-order valence-electron chi connectivity index (χ2n) is 4.87. The van der Waals surface area contributed by atoms with Gasteiger partial charge in [-0.15, -0.1) is 0 Å². The molecular weight excluding hydrogens is 282 g/mol. The third-order valence-corrected chi connectivity index (χ3v) is 3.53. The van der Waals surface area contributed by atoms with E-state index in [0.717, 1.165) is 5.52 Å². The molecule has 2 N–H and O–H groups in total. The first kappa shape index (κ1) is 13.9. The maximum absolute atomic E-state index is 12.3. The van der Waals surface area contributed by atoms with Crippen molar-refractivity contribution in [2.45, 2.75) is 0 Å². The second kappa shape index (κ2) is 5.40. The number of nitrogens with one attached hydrogen (secondary N) is 2. The number of carbonyl (C=O) groups is 2. The van der Waals surface area contributed by atoms with Crippen molar-refractivity contribution < 1.29 is 14.0 Å². The van der Waals surface area contributed by atoms with Crippen LogP contribution in [0.15, 0.2) is 47.1 Å². The molecule has 0 fully saturated rings. The van der Waals surface area contributed by atoms with E-state index in [2.05, 4.69) is 10.6 Å². The van der Waals surface area contributed by atoms with Crippen molar-refractivity contribution in [1.29, 1.82) is 0 Å². The lowest BCUT2D eigenvalue weighted by molar-refractivity contribution is 0.0962. The lowest BCUT2D eigenvalue weighted by Gasteiger charge is -2.07. The molecule has 0 saturated carbocycles. The van der Waals surface area contributed by atoms with Crippen molar-refractivity contribution >= 4 is 28.6 Å². The zero-order valence-electron chi connectivity index (χ0n) is 12.2. The predicted octanol–water partition coefficient (Wildman–Crippen LogP) is 2.38. The predicted molar refractivity (Wildman–Crippen MR) is 83.0 cm³/mol. The average Bonchev–Trinajstić information content (AvgIpc) is 3.10. The molecule has 3 rings (SSSR count). The zero-order valence-corrected chi connectivity index (χ0v) is 12.2. The summed E-state index contributed by atoms with van der Waals surface area (Å²) in [6.45, 7) is 0. The number of nitrogens with zero attached hydrogens (tertiary/aromatic N) is 1. The van der Waals surface area contributed by atoms with Gasteiger partial charge in [0.15, 0.2) is 5.58 Å². The summed E-state index contributed by atoms with van der Waals surface area (Å²) in [5.74, 6) is -0.401. The lowest BCUT2D eigenvalue weighted by atomic mass is 10.2. The molecule has 2 aromatic heterocycles. The summed E-state index contributed by atoms with van der Waals surface area (Å²) in [4.78, 5) is 23.8. The SMILES string of the molecule is CNC(=O)c1ccc(NC(=O)c2cc3occc3n2C)cc1. The highest BCUT2D eigenvalue weighted by molar-refractivity contribution is 6.06. The summed E-state index contributed by atoms with van der Waals surface area (Å²) < 4.78 is 7.06. The van der Waals surface area contributed by atoms with Crippen molar-refractivity contribution in [1.82, 2.24) is 9.88 Å². The van der Waals surface area contributed by atoms with Crippen molar-refractivity contribution in [3.8, 4) is 0 Å². The van der Waals surface area contributed by atoms with Crippen LogP contribution in [0.4, 0.5) is 5.69 Å². The van der Waals surface area contributed by atoms with Crippen LogP contribution >= 0.6 is 0 Å². The Hall–Kier alpha value is -3.02. The van der Waals surface area contributed by atoms with Crippen LogP contribution in [0.2, 0.25) is 0 Å². The molecule has 0 radical (unpaired) electrons. The monoisotopic (exact) mass is 297 g/mol. The number of rotatable bonds is 3. The molecule has 0 bridgehead atoms. The van der Waals surface area contributed by atoms with Gasteiger partial charge in [-0.05, 0) is 24.3 Å². The maximum Gasteiger partial charge on any atom is 0.272 e. The summed E-state index contributed by atoms with van der Waals surface area (Å²) in [7, 11) is 3.38. The molecule has 0 aliphatic carbocycles. The Morgan fingerprint density at radius 1 is 1.09 bits per heavy atom. The molecule has 0 unspecified atom stereocenters. The van der Waals surface area contributed by atoms with Crippen LogP contribution in [0.25, 0.3) is 11.1 Å². The van der Waals surface area contributed by atoms with E-state index in [-0.39, 0.29) is 11.8 Å². The van der Waals surface area contributed by atoms with Crippen LogP contribution in [0.1, 0.15) is 20.8 Å². The van der Waals surface area contributed by atoms with Gasteiger partial charge in [-0.2, -0.15) is 0 Å². The van der Waals surface area contributed by atoms with Crippen LogP contribution in [-0.2, 0) is 7.05 Å². The van der Waals surface area contributed by atoms with Crippen LogP contribution < -0.4 is 10.6 Å². The number of carbonyl (C=O) groups excluding carboxylic acids is 2. The topological polar surface area (TPSA) is 76.3 Å². The molecule has 3 aromatic rings. The minimum absolute atomic E-state index is 0.166. The first-order chi connectivity index (χ1) is 10.6. The van der Waals surface area contributed by atoms with E-state index in [1.54, 1.807) is 55.3 Å². The van der Waals surface area contributed by atoms with Crippen LogP contribution in [0.5, 0.6) is 0 Å². The molecule has 0 aliphatic rings. The molecule has 0 atom stereocenters. The van der Waals surface area contributed by atoms with Gasteiger partial charge in [0.2, 0.25) is 0 Å². The summed E-state index contributed by atoms with van der Waals surface area (Å²) in [6, 6.07) is 10.2. The summed E-state index contributed by atoms with van der Waals surface area (Å²) in [5, 5.41) is 5.35. The van der Waals surface area contributed by atoms with Crippen molar-refractivity contribution in [3.63, 3.8) is 0 Å². The van der Waals surface area contributed by atoms with Gasteiger partial charge in [0.25, 0.3) is 11.8 Å². The fraction of sp³-hybridized carbons (Fsp3) is 0.125. The molecule has 6 nitrogen and oxygen atoms in total. The molecule has 22 heavy (non-hydrogen) atoms. The first-order valence-corrected chi connectivity index (χ1v) is 6.76. The van der Waals surface area contributed by atoms with Gasteiger partial charge in [-0.3, -0.25) is 9.59 Å². The normalized spacial score (nSPS) is 10.6. The molecule has 0 saturated heterocycles. The first-order valence-electron chi connectivity index (χ1n) is 6.76. The minimum Gasteiger partial charge on any atom is -0.463 e. The summed E-state index contributed by atoms with van der Waals surface area (Å²) in [5.41, 5.74) is 3.19. The van der Waals surface area contributed by atoms with Crippen molar-refractivity contribution in [3.05, 3.63) is 53.9 Å². The molecular formula is C16H15N3O3. The molecule has 2 amide bonds. The molecule has 2 heterocycles. The van der Waals surface area contributed by atoms with E-state index < -0.39 is 0 Å². The minimum atomic E-state index is -0.235. The third-order valence-electron chi connectivity index (χ3n) is 3.53. The molecule has 6 heteroatoms. The fourth-order valence-electron chi connectivity index (χ4n) is 2.31. The zero-order chi connectivity index (χ0) is 15.7. The van der Waals surface area contributed by atoms with E-state index in [4.69, 9.17) is 4.42 Å². The molecule has 112 valence electrons. The highest BCUT2D eigenvalue weighted by Crippen LogP contribution is 2.20. The quantitative estimate of drug-likeness (QED) is 0.779. The van der Waals surface area contributed by atoms with E-state index >= 15 is 0 Å². The number of fused-ring (bicyclic) bond motifs is 1. The maximum atomic E-state index is 12.3. The number of hydrogen-bond donors (Lipinski definition) is 2. The van der Waals surface area contributed by atoms with Gasteiger partial charge in [-0.1, -0.05) is 0 Å². The Morgan fingerprint density at radius 3 is 2.45 bits per heavy atom. The Kier molecular flexibility index (Phi) is 3.42. The van der Waals surface area contributed by atoms with Crippen LogP contribution in [0, 0.1) is 0 Å². The summed E-state index contributed by atoms with van der Waals surface area (Å²) >= 11 is 0. The average molecular weight is 297 g/mol. The highest BCUT2D eigenvalue weighted by atomic mass is 16.3. The van der Waals surface area contributed by atoms with E-state index in [9.17, 15) is 9.59 Å². The highest BCUT2D eigenvalue weighted by Gasteiger charge is 2.15. The number of aromatic nitrogens is 1. The van der Waals surface area contributed by atoms with Crippen molar-refractivity contribution in [2.75, 3.05) is 12.4 Å². The van der Waals surface area contributed by atoms with Gasteiger partial charge >= 0.3 is 0 Å². The number of hydrogen-bond acceptors (Lipinski definition) is 3. The molecule has 0 spiro atoms. The fourth-order valence-corrected chi connectivity index (χ4v) is 2.31. The molecule has 0 aliphatic heterocycles. The number of amides is 2. The third kappa shape index (κ3) is 2.35. The van der Waals surface area contributed by atoms with Gasteiger partial charge in [0.1, 0.15) is 5.69 Å². The van der Waals surface area contributed by atoms with Crippen LogP contribution in [0.3, 0.4) is 0 Å². The Bertz CT molecular complexity index is 843. The van der Waals surface area contributed by atoms with Crippen LogP contribution in [-0.4, -0.2) is 23.4 Å². The van der Waals surface area contributed by atoms with Gasteiger partial charge < -0.3 is 19.6 Å². The largest absolute Gasteiger partial charge is 0.463 e. The smallest absolute Gasteiger partial charge is 0.272 e. The van der Waals surface area contributed by atoms with E-state index in [1.807, 2.05) is 6.07 Å². The second-order valence-corrected chi connectivity index (χ2v) is 4.87. The number of aryl methyl sites for hydroxylation is 1. The number of benzene rings is 1. The standard InChI is InChI=1S/C16H15N3O3/c1-17-15(20)10-3-5-11(6-4-10)18-16(21)13-9-14-12(19(13)2)7-8-22-14/h3-9H,1-2H3,(H,17,20)(H,18,21). The Balaban J connectivity index is 1.80. The van der Waals surface area contributed by atoms with E-state index in [0.29, 0.717) is 22.5 Å².